The number of hydrogen-bond acceptors (Lipinski definition) is 4. The van der Waals surface area contributed by atoms with Crippen LogP contribution in [0.25, 0.3) is 0 Å². The van der Waals surface area contributed by atoms with Gasteiger partial charge in [-0.3, -0.25) is 4.79 Å². The topological polar surface area (TPSA) is 64.3 Å². The number of carbonyl (C=O) groups excluding carboxylic acids is 1. The lowest BCUT2D eigenvalue weighted by Crippen LogP contribution is -2.41. The highest BCUT2D eigenvalue weighted by molar-refractivity contribution is 8.00. The van der Waals surface area contributed by atoms with Crippen molar-refractivity contribution in [1.29, 1.82) is 0 Å². The number of halogens is 1. The molecule has 0 aliphatic rings. The summed E-state index contributed by atoms with van der Waals surface area (Å²) in [6, 6.07) is 7.89. The van der Waals surface area contributed by atoms with Crippen LogP contribution in [0.2, 0.25) is 0 Å². The molecule has 0 saturated heterocycles. The van der Waals surface area contributed by atoms with Crippen LogP contribution in [0.15, 0.2) is 29.2 Å². The van der Waals surface area contributed by atoms with Crippen molar-refractivity contribution in [3.63, 3.8) is 0 Å². The van der Waals surface area contributed by atoms with E-state index in [0.29, 0.717) is 18.9 Å². The Hall–Kier alpha value is -0.910. The first-order valence-electron chi connectivity index (χ1n) is 7.54. The average Bonchev–Trinajstić information content (AvgIpc) is 2.51. The molecule has 1 unspecified atom stereocenters. The zero-order chi connectivity index (χ0) is 15.5. The molecule has 22 heavy (non-hydrogen) atoms. The van der Waals surface area contributed by atoms with E-state index in [1.807, 2.05) is 31.2 Å². The Morgan fingerprint density at radius 1 is 1.32 bits per heavy atom. The van der Waals surface area contributed by atoms with E-state index >= 15 is 0 Å². The monoisotopic (exact) mass is 346 g/mol. The zero-order valence-electron chi connectivity index (χ0n) is 13.3. The smallest absolute Gasteiger partial charge is 0.230 e. The van der Waals surface area contributed by atoms with Gasteiger partial charge in [-0.2, -0.15) is 0 Å². The van der Waals surface area contributed by atoms with Crippen molar-refractivity contribution >= 4 is 30.1 Å². The van der Waals surface area contributed by atoms with E-state index in [-0.39, 0.29) is 24.4 Å². The van der Waals surface area contributed by atoms with E-state index in [9.17, 15) is 4.79 Å². The van der Waals surface area contributed by atoms with Gasteiger partial charge in [-0.05, 0) is 37.6 Å². The lowest BCUT2D eigenvalue weighted by Gasteiger charge is -2.16. The molecular formula is C16H27ClN2O2S. The van der Waals surface area contributed by atoms with Crippen LogP contribution >= 0.6 is 24.2 Å². The lowest BCUT2D eigenvalue weighted by atomic mass is 10.1. The number of thioether (sulfide) groups is 1. The van der Waals surface area contributed by atoms with Crippen LogP contribution < -0.4 is 15.8 Å². The van der Waals surface area contributed by atoms with Crippen LogP contribution in [0.3, 0.4) is 0 Å². The predicted octanol–water partition coefficient (Wildman–Crippen LogP) is 3.23. The minimum atomic E-state index is 0. The van der Waals surface area contributed by atoms with E-state index < -0.39 is 0 Å². The molecule has 0 heterocycles. The van der Waals surface area contributed by atoms with Crippen LogP contribution in [0.1, 0.15) is 33.1 Å². The van der Waals surface area contributed by atoms with Crippen LogP contribution in [0.5, 0.6) is 5.75 Å². The number of carbonyl (C=O) groups is 1. The third kappa shape index (κ3) is 8.51. The fourth-order valence-corrected chi connectivity index (χ4v) is 2.63. The summed E-state index contributed by atoms with van der Waals surface area (Å²) in [5, 5.41) is 2.99. The van der Waals surface area contributed by atoms with Crippen LogP contribution in [-0.2, 0) is 4.79 Å². The molecule has 1 rings (SSSR count). The second-order valence-corrected chi connectivity index (χ2v) is 5.88. The largest absolute Gasteiger partial charge is 0.494 e. The normalized spacial score (nSPS) is 11.4. The number of unbranched alkanes of at least 4 members (excludes halogenated alkanes) is 1. The molecule has 0 aliphatic carbocycles. The minimum absolute atomic E-state index is 0. The maximum absolute atomic E-state index is 11.9. The highest BCUT2D eigenvalue weighted by atomic mass is 35.5. The first kappa shape index (κ1) is 21.1. The molecule has 3 N–H and O–H groups in total. The number of amides is 1. The van der Waals surface area contributed by atoms with Crippen molar-refractivity contribution < 1.29 is 9.53 Å². The molecular weight excluding hydrogens is 320 g/mol. The van der Waals surface area contributed by atoms with Gasteiger partial charge in [-0.15, -0.1) is 24.2 Å². The minimum Gasteiger partial charge on any atom is -0.494 e. The van der Waals surface area contributed by atoms with E-state index in [4.69, 9.17) is 10.5 Å². The second kappa shape index (κ2) is 12.6. The van der Waals surface area contributed by atoms with E-state index in [0.717, 1.165) is 29.9 Å². The molecule has 0 saturated carbocycles. The predicted molar refractivity (Wildman–Crippen MR) is 96.1 cm³/mol. The summed E-state index contributed by atoms with van der Waals surface area (Å²) in [6.07, 6.45) is 3.16. The first-order chi connectivity index (χ1) is 10.2. The quantitative estimate of drug-likeness (QED) is 0.638. The van der Waals surface area contributed by atoms with Crippen LogP contribution in [0, 0.1) is 0 Å². The van der Waals surface area contributed by atoms with Gasteiger partial charge in [0.25, 0.3) is 0 Å². The van der Waals surface area contributed by atoms with Gasteiger partial charge in [0, 0.05) is 17.5 Å². The van der Waals surface area contributed by atoms with Crippen molar-refractivity contribution in [3.8, 4) is 5.75 Å². The number of nitrogens with two attached hydrogens (primary N) is 1. The fraction of sp³-hybridized carbons (Fsp3) is 0.562. The molecule has 1 aromatic carbocycles. The molecule has 0 bridgehead atoms. The molecule has 0 aliphatic heterocycles. The Kier molecular flexibility index (Phi) is 12.1. The standard InChI is InChI=1S/C16H26N2O2S.ClH/c1-3-5-6-13(11-17)18-16(19)12-21-15-9-7-14(8-10-15)20-4-2;/h7-10,13H,3-6,11-12,17H2,1-2H3,(H,18,19);1H. The molecule has 0 aromatic heterocycles. The van der Waals surface area contributed by atoms with Gasteiger partial charge in [0.05, 0.1) is 12.4 Å². The molecule has 1 amide bonds. The van der Waals surface area contributed by atoms with E-state index in [1.54, 1.807) is 0 Å². The number of benzene rings is 1. The summed E-state index contributed by atoms with van der Waals surface area (Å²) >= 11 is 1.52. The summed E-state index contributed by atoms with van der Waals surface area (Å²) in [5.74, 6) is 1.31. The highest BCUT2D eigenvalue weighted by Gasteiger charge is 2.10. The van der Waals surface area contributed by atoms with Crippen molar-refractivity contribution in [3.05, 3.63) is 24.3 Å². The number of hydrogen-bond donors (Lipinski definition) is 2. The van der Waals surface area contributed by atoms with E-state index in [1.165, 1.54) is 11.8 Å². The van der Waals surface area contributed by atoms with Gasteiger partial charge >= 0.3 is 0 Å². The molecule has 4 nitrogen and oxygen atoms in total. The number of rotatable bonds is 10. The van der Waals surface area contributed by atoms with Crippen molar-refractivity contribution in [2.24, 2.45) is 5.73 Å². The maximum Gasteiger partial charge on any atom is 0.230 e. The van der Waals surface area contributed by atoms with Gasteiger partial charge in [0.2, 0.25) is 5.91 Å². The molecule has 0 fully saturated rings. The summed E-state index contributed by atoms with van der Waals surface area (Å²) in [6.45, 7) is 5.25. The first-order valence-corrected chi connectivity index (χ1v) is 8.53. The molecule has 126 valence electrons. The van der Waals surface area contributed by atoms with Crippen LogP contribution in [-0.4, -0.2) is 30.9 Å². The SMILES string of the molecule is CCCCC(CN)NC(=O)CSc1ccc(OCC)cc1.Cl. The Morgan fingerprint density at radius 3 is 2.55 bits per heavy atom. The molecule has 0 radical (unpaired) electrons. The Morgan fingerprint density at radius 2 is 2.00 bits per heavy atom. The summed E-state index contributed by atoms with van der Waals surface area (Å²) in [4.78, 5) is 13.0. The lowest BCUT2D eigenvalue weighted by molar-refractivity contribution is -0.119. The average molecular weight is 347 g/mol. The molecule has 6 heteroatoms. The third-order valence-corrected chi connectivity index (χ3v) is 4.07. The van der Waals surface area contributed by atoms with Gasteiger partial charge in [0.15, 0.2) is 0 Å². The van der Waals surface area contributed by atoms with Gasteiger partial charge in [-0.25, -0.2) is 0 Å². The van der Waals surface area contributed by atoms with Gasteiger partial charge < -0.3 is 15.8 Å². The molecule has 0 spiro atoms. The third-order valence-electron chi connectivity index (χ3n) is 3.06. The van der Waals surface area contributed by atoms with E-state index in [2.05, 4.69) is 12.2 Å². The summed E-state index contributed by atoms with van der Waals surface area (Å²) < 4.78 is 5.39. The Labute approximate surface area is 144 Å². The summed E-state index contributed by atoms with van der Waals surface area (Å²) in [7, 11) is 0. The zero-order valence-corrected chi connectivity index (χ0v) is 15.0. The van der Waals surface area contributed by atoms with Gasteiger partial charge in [0.1, 0.15) is 5.75 Å². The highest BCUT2D eigenvalue weighted by Crippen LogP contribution is 2.21. The van der Waals surface area contributed by atoms with Crippen molar-refractivity contribution in [1.82, 2.24) is 5.32 Å². The maximum atomic E-state index is 11.9. The number of ether oxygens (including phenoxy) is 1. The van der Waals surface area contributed by atoms with Crippen molar-refractivity contribution in [2.75, 3.05) is 18.9 Å². The second-order valence-electron chi connectivity index (χ2n) is 4.84. The summed E-state index contributed by atoms with van der Waals surface area (Å²) in [5.41, 5.74) is 5.68. The van der Waals surface area contributed by atoms with Gasteiger partial charge in [-0.1, -0.05) is 19.8 Å². The number of nitrogens with one attached hydrogen (secondary N) is 1. The van der Waals surface area contributed by atoms with Crippen molar-refractivity contribution in [2.45, 2.75) is 44.0 Å². The van der Waals surface area contributed by atoms with Crippen LogP contribution in [0.4, 0.5) is 0 Å². The molecule has 1 aromatic rings. The fourth-order valence-electron chi connectivity index (χ4n) is 1.92. The Balaban J connectivity index is 0.00000441. The Bertz CT molecular complexity index is 415. The molecule has 1 atom stereocenters.